The number of hydrogen-bond acceptors (Lipinski definition) is 7. The van der Waals surface area contributed by atoms with E-state index in [1.807, 2.05) is 24.3 Å². The van der Waals surface area contributed by atoms with Crippen molar-refractivity contribution in [2.45, 2.75) is 51.2 Å². The molecule has 2 saturated heterocycles. The molecule has 0 N–H and O–H groups in total. The van der Waals surface area contributed by atoms with Crippen LogP contribution in [0.15, 0.2) is 48.5 Å². The molecule has 2 heterocycles. The number of carbonyl (C=O) groups is 2. The predicted octanol–water partition coefficient (Wildman–Crippen LogP) is 5.09. The molecule has 0 radical (unpaired) electrons. The van der Waals surface area contributed by atoms with Gasteiger partial charge in [-0.1, -0.05) is 12.1 Å². The molecule has 2 aromatic carbocycles. The topological polar surface area (TPSA) is 80.8 Å². The fraction of sp³-hybridized carbons (Fsp3) is 0.517. The molecule has 0 aliphatic carbocycles. The molecule has 2 fully saturated rings. The molecule has 0 spiro atoms. The zero-order chi connectivity index (χ0) is 29.8. The van der Waals surface area contributed by atoms with Gasteiger partial charge in [-0.25, -0.2) is 4.79 Å². The van der Waals surface area contributed by atoms with Crippen LogP contribution in [0.3, 0.4) is 0 Å². The van der Waals surface area contributed by atoms with E-state index in [4.69, 9.17) is 14.2 Å². The number of likely N-dealkylation sites (tertiary alicyclic amines) is 1. The Morgan fingerprint density at radius 1 is 0.854 bits per heavy atom. The molecule has 2 amide bonds. The van der Waals surface area contributed by atoms with E-state index in [-0.39, 0.29) is 18.2 Å². The van der Waals surface area contributed by atoms with Gasteiger partial charge in [-0.2, -0.15) is 0 Å². The lowest BCUT2D eigenvalue weighted by Crippen LogP contribution is -2.64. The second-order valence-corrected chi connectivity index (χ2v) is 11.1. The molecule has 9 nitrogen and oxygen atoms in total. The van der Waals surface area contributed by atoms with Gasteiger partial charge in [-0.05, 0) is 70.0 Å². The van der Waals surface area contributed by atoms with E-state index in [1.165, 1.54) is 17.0 Å². The predicted molar refractivity (Wildman–Crippen MR) is 145 cm³/mol. The molecule has 224 valence electrons. The summed E-state index contributed by atoms with van der Waals surface area (Å²) in [5.41, 5.74) is -1.25. The fourth-order valence-electron chi connectivity index (χ4n) is 5.07. The summed E-state index contributed by atoms with van der Waals surface area (Å²) in [6, 6.07) is 12.6. The summed E-state index contributed by atoms with van der Waals surface area (Å²) in [6.45, 7) is 7.53. The lowest BCUT2D eigenvalue weighted by atomic mass is 9.90. The van der Waals surface area contributed by atoms with Crippen molar-refractivity contribution in [3.63, 3.8) is 0 Å². The molecule has 0 bridgehead atoms. The monoisotopic (exact) mass is 579 g/mol. The molecule has 2 aliphatic heterocycles. The average Bonchev–Trinajstić information content (AvgIpc) is 2.92. The van der Waals surface area contributed by atoms with Gasteiger partial charge in [0, 0.05) is 32.7 Å². The lowest BCUT2D eigenvalue weighted by molar-refractivity contribution is -0.274. The van der Waals surface area contributed by atoms with E-state index >= 15 is 0 Å². The first-order chi connectivity index (χ1) is 19.3. The largest absolute Gasteiger partial charge is 0.573 e. The Bertz CT molecular complexity index is 1210. The number of halogens is 3. The maximum Gasteiger partial charge on any atom is 0.573 e. The van der Waals surface area contributed by atoms with E-state index in [0.717, 1.165) is 23.6 Å². The Labute approximate surface area is 237 Å². The minimum atomic E-state index is -4.83. The van der Waals surface area contributed by atoms with Gasteiger partial charge in [0.1, 0.15) is 22.8 Å². The zero-order valence-electron chi connectivity index (χ0n) is 23.7. The van der Waals surface area contributed by atoms with Crippen LogP contribution in [0.25, 0.3) is 0 Å². The van der Waals surface area contributed by atoms with Crippen molar-refractivity contribution >= 4 is 17.7 Å². The van der Waals surface area contributed by atoms with Crippen molar-refractivity contribution in [3.05, 3.63) is 48.5 Å². The van der Waals surface area contributed by atoms with Crippen LogP contribution in [0.5, 0.6) is 17.2 Å². The van der Waals surface area contributed by atoms with Crippen molar-refractivity contribution in [1.82, 2.24) is 9.80 Å². The van der Waals surface area contributed by atoms with Gasteiger partial charge in [-0.3, -0.25) is 4.79 Å². The highest BCUT2D eigenvalue weighted by atomic mass is 19.4. The molecular formula is C29H36F3N3O6. The van der Waals surface area contributed by atoms with Crippen LogP contribution < -0.4 is 19.1 Å². The van der Waals surface area contributed by atoms with E-state index in [0.29, 0.717) is 45.6 Å². The number of methoxy groups -OCH3 is 1. The maximum absolute atomic E-state index is 14.2. The number of piperidine rings is 1. The van der Waals surface area contributed by atoms with Gasteiger partial charge in [0.05, 0.1) is 19.3 Å². The minimum absolute atomic E-state index is 0.0612. The third-order valence-electron chi connectivity index (χ3n) is 6.86. The van der Waals surface area contributed by atoms with E-state index in [2.05, 4.69) is 9.64 Å². The van der Waals surface area contributed by atoms with Crippen LogP contribution in [0.2, 0.25) is 0 Å². The highest BCUT2D eigenvalue weighted by molar-refractivity contribution is 5.87. The molecule has 0 saturated carbocycles. The number of nitrogens with zero attached hydrogens (tertiary/aromatic N) is 3. The van der Waals surface area contributed by atoms with E-state index in [9.17, 15) is 22.8 Å². The van der Waals surface area contributed by atoms with Crippen LogP contribution >= 0.6 is 0 Å². The number of ether oxygens (including phenoxy) is 4. The summed E-state index contributed by atoms with van der Waals surface area (Å²) in [6.07, 6.45) is -4.60. The summed E-state index contributed by atoms with van der Waals surface area (Å²) >= 11 is 0. The second-order valence-electron chi connectivity index (χ2n) is 11.1. The third-order valence-corrected chi connectivity index (χ3v) is 6.86. The average molecular weight is 580 g/mol. The van der Waals surface area contributed by atoms with Crippen LogP contribution in [0, 0.1) is 0 Å². The Morgan fingerprint density at radius 3 is 2.10 bits per heavy atom. The number of carbonyl (C=O) groups excluding carboxylic acids is 2. The van der Waals surface area contributed by atoms with Gasteiger partial charge in [0.25, 0.3) is 5.91 Å². The SMILES string of the molecule is COc1ccccc1N1CCN(C(=O)C2(Oc3ccc(OC(F)(F)F)cc3)CCCN(C(=O)OC(C)(C)C)C2)CC1. The Morgan fingerprint density at radius 2 is 1.49 bits per heavy atom. The number of piperazine rings is 1. The minimum Gasteiger partial charge on any atom is -0.495 e. The van der Waals surface area contributed by atoms with Crippen molar-refractivity contribution in [2.75, 3.05) is 51.3 Å². The van der Waals surface area contributed by atoms with Crippen molar-refractivity contribution < 1.29 is 41.7 Å². The molecule has 12 heteroatoms. The maximum atomic E-state index is 14.2. The molecule has 1 atom stereocenters. The quantitative estimate of drug-likeness (QED) is 0.472. The molecule has 1 unspecified atom stereocenters. The van der Waals surface area contributed by atoms with E-state index in [1.54, 1.807) is 32.8 Å². The number of benzene rings is 2. The smallest absolute Gasteiger partial charge is 0.495 e. The van der Waals surface area contributed by atoms with Crippen LogP contribution in [0.1, 0.15) is 33.6 Å². The van der Waals surface area contributed by atoms with Crippen LogP contribution in [-0.4, -0.2) is 85.7 Å². The van der Waals surface area contributed by atoms with Crippen molar-refractivity contribution in [1.29, 1.82) is 0 Å². The van der Waals surface area contributed by atoms with Crippen LogP contribution in [0.4, 0.5) is 23.7 Å². The summed E-state index contributed by atoms with van der Waals surface area (Å²) < 4.78 is 59.2. The van der Waals surface area contributed by atoms with Crippen molar-refractivity contribution in [3.8, 4) is 17.2 Å². The van der Waals surface area contributed by atoms with Gasteiger partial charge >= 0.3 is 12.5 Å². The number of anilines is 1. The first-order valence-electron chi connectivity index (χ1n) is 13.5. The Hall–Kier alpha value is -3.83. The first kappa shape index (κ1) is 30.1. The molecule has 4 rings (SSSR count). The van der Waals surface area contributed by atoms with Gasteiger partial charge in [0.2, 0.25) is 5.60 Å². The number of rotatable bonds is 6. The number of amides is 2. The van der Waals surface area contributed by atoms with Crippen LogP contribution in [-0.2, 0) is 9.53 Å². The fourth-order valence-corrected chi connectivity index (χ4v) is 5.07. The summed E-state index contributed by atoms with van der Waals surface area (Å²) in [5.74, 6) is 0.231. The standard InChI is InChI=1S/C29H36F3N3O6/c1-27(2,3)41-26(37)35-15-7-14-28(20-35,39-21-10-12-22(13-11-21)40-29(30,31)32)25(36)34-18-16-33(17-19-34)23-8-5-6-9-24(23)38-4/h5-6,8-13H,7,14-20H2,1-4H3. The molecule has 41 heavy (non-hydrogen) atoms. The first-order valence-corrected chi connectivity index (χ1v) is 13.5. The highest BCUT2D eigenvalue weighted by Gasteiger charge is 2.49. The number of hydrogen-bond donors (Lipinski definition) is 0. The molecule has 0 aromatic heterocycles. The summed E-state index contributed by atoms with van der Waals surface area (Å²) in [4.78, 5) is 32.4. The molecule has 2 aromatic rings. The Kier molecular flexibility index (Phi) is 8.79. The summed E-state index contributed by atoms with van der Waals surface area (Å²) in [5, 5.41) is 0. The Balaban J connectivity index is 1.55. The third kappa shape index (κ3) is 7.68. The molecular weight excluding hydrogens is 543 g/mol. The number of alkyl halides is 3. The van der Waals surface area contributed by atoms with Gasteiger partial charge < -0.3 is 33.6 Å². The normalized spacial score (nSPS) is 19.9. The lowest BCUT2D eigenvalue weighted by Gasteiger charge is -2.45. The highest BCUT2D eigenvalue weighted by Crippen LogP contribution is 2.34. The summed E-state index contributed by atoms with van der Waals surface area (Å²) in [7, 11) is 1.61. The van der Waals surface area contributed by atoms with Gasteiger partial charge in [0.15, 0.2) is 0 Å². The molecule has 2 aliphatic rings. The van der Waals surface area contributed by atoms with E-state index < -0.39 is 29.4 Å². The van der Waals surface area contributed by atoms with Crippen molar-refractivity contribution in [2.24, 2.45) is 0 Å². The zero-order valence-corrected chi connectivity index (χ0v) is 23.7. The van der Waals surface area contributed by atoms with Gasteiger partial charge in [-0.15, -0.1) is 13.2 Å². The second kappa shape index (κ2) is 12.0. The number of para-hydroxylation sites is 2.